The smallest absolute Gasteiger partial charge is 0.0968 e. The Bertz CT molecular complexity index is 219. The number of aliphatic imine (C=N–C) groups is 1. The Balaban J connectivity index is 1.90. The Morgan fingerprint density at radius 1 is 1.36 bits per heavy atom. The largest absolute Gasteiger partial charge is 0.379 e. The van der Waals surface area contributed by atoms with Crippen molar-refractivity contribution >= 4 is 5.84 Å². The predicted octanol–water partition coefficient (Wildman–Crippen LogP) is 1.73. The number of rotatable bonds is 1. The summed E-state index contributed by atoms with van der Waals surface area (Å²) in [6, 6.07) is 0. The van der Waals surface area contributed by atoms with E-state index >= 15 is 0 Å². The summed E-state index contributed by atoms with van der Waals surface area (Å²) < 4.78 is 5.51. The van der Waals surface area contributed by atoms with Gasteiger partial charge >= 0.3 is 0 Å². The normalized spacial score (nSPS) is 33.6. The summed E-state index contributed by atoms with van der Waals surface area (Å²) in [4.78, 5) is 4.52. The third-order valence-corrected chi connectivity index (χ3v) is 3.01. The van der Waals surface area contributed by atoms with Gasteiger partial charge in [0.1, 0.15) is 0 Å². The van der Waals surface area contributed by atoms with Crippen molar-refractivity contribution in [3.05, 3.63) is 0 Å². The highest BCUT2D eigenvalue weighted by Gasteiger charge is 2.28. The van der Waals surface area contributed by atoms with E-state index in [2.05, 4.69) is 17.2 Å². The minimum atomic E-state index is 0.133. The van der Waals surface area contributed by atoms with Crippen LogP contribution in [0.1, 0.15) is 39.0 Å². The lowest BCUT2D eigenvalue weighted by atomic mass is 9.94. The van der Waals surface area contributed by atoms with Crippen LogP contribution in [0.3, 0.4) is 0 Å². The molecule has 1 unspecified atom stereocenters. The van der Waals surface area contributed by atoms with Crippen molar-refractivity contribution in [3.63, 3.8) is 0 Å². The second-order valence-corrected chi connectivity index (χ2v) is 4.63. The van der Waals surface area contributed by atoms with Crippen molar-refractivity contribution in [1.29, 1.82) is 0 Å². The molecular formula is C11H20N2O. The van der Waals surface area contributed by atoms with Gasteiger partial charge in [-0.1, -0.05) is 0 Å². The first-order valence-electron chi connectivity index (χ1n) is 5.68. The lowest BCUT2D eigenvalue weighted by Crippen LogP contribution is -2.51. The molecule has 0 aromatic carbocycles. The fourth-order valence-electron chi connectivity index (χ4n) is 2.18. The molecule has 0 aliphatic carbocycles. The molecule has 0 bridgehead atoms. The fraction of sp³-hybridized carbons (Fsp3) is 0.909. The summed E-state index contributed by atoms with van der Waals surface area (Å²) in [5.41, 5.74) is 0.133. The van der Waals surface area contributed by atoms with E-state index < -0.39 is 0 Å². The highest BCUT2D eigenvalue weighted by molar-refractivity contribution is 5.83. The van der Waals surface area contributed by atoms with Gasteiger partial charge in [-0.2, -0.15) is 0 Å². The average Bonchev–Trinajstić information content (AvgIpc) is 2.19. The number of ether oxygens (including phenoxy) is 1. The second kappa shape index (κ2) is 4.30. The van der Waals surface area contributed by atoms with Gasteiger partial charge in [0.25, 0.3) is 0 Å². The van der Waals surface area contributed by atoms with Crippen molar-refractivity contribution in [2.24, 2.45) is 4.99 Å². The van der Waals surface area contributed by atoms with E-state index in [9.17, 15) is 0 Å². The van der Waals surface area contributed by atoms with Crippen LogP contribution in [0, 0.1) is 0 Å². The number of nitrogens with one attached hydrogen (secondary N) is 1. The summed E-state index contributed by atoms with van der Waals surface area (Å²) in [6.07, 6.45) is 6.01. The fourth-order valence-corrected chi connectivity index (χ4v) is 2.18. The molecule has 2 rings (SSSR count). The first-order chi connectivity index (χ1) is 6.79. The number of hydrogen-bond acceptors (Lipinski definition) is 3. The number of nitrogens with zero attached hydrogens (tertiary/aromatic N) is 1. The third-order valence-electron chi connectivity index (χ3n) is 3.01. The van der Waals surface area contributed by atoms with Crippen LogP contribution in [0.2, 0.25) is 0 Å². The molecule has 0 radical (unpaired) electrons. The van der Waals surface area contributed by atoms with Crippen molar-refractivity contribution in [2.75, 3.05) is 19.8 Å². The molecule has 0 aromatic rings. The number of hydrogen-bond donors (Lipinski definition) is 1. The molecule has 0 saturated carbocycles. The van der Waals surface area contributed by atoms with Crippen molar-refractivity contribution in [1.82, 2.24) is 5.32 Å². The van der Waals surface area contributed by atoms with Crippen LogP contribution in [0.15, 0.2) is 4.99 Å². The summed E-state index contributed by atoms with van der Waals surface area (Å²) in [6.45, 7) is 4.98. The van der Waals surface area contributed by atoms with E-state index in [1.807, 2.05) is 0 Å². The predicted molar refractivity (Wildman–Crippen MR) is 57.7 cm³/mol. The maximum atomic E-state index is 5.51. The zero-order chi connectivity index (χ0) is 9.86. The lowest BCUT2D eigenvalue weighted by molar-refractivity contribution is 0.0368. The van der Waals surface area contributed by atoms with E-state index in [0.717, 1.165) is 32.6 Å². The maximum absolute atomic E-state index is 5.51. The van der Waals surface area contributed by atoms with E-state index in [1.165, 1.54) is 25.1 Å². The zero-order valence-corrected chi connectivity index (χ0v) is 9.01. The summed E-state index contributed by atoms with van der Waals surface area (Å²) in [5, 5.41) is 3.56. The molecule has 1 N–H and O–H groups in total. The van der Waals surface area contributed by atoms with Gasteiger partial charge in [-0.25, -0.2) is 0 Å². The minimum Gasteiger partial charge on any atom is -0.379 e. The van der Waals surface area contributed by atoms with E-state index in [-0.39, 0.29) is 5.54 Å². The first kappa shape index (κ1) is 9.97. The molecule has 2 heterocycles. The Morgan fingerprint density at radius 2 is 2.29 bits per heavy atom. The van der Waals surface area contributed by atoms with Gasteiger partial charge in [0.05, 0.1) is 18.0 Å². The molecule has 3 heteroatoms. The SMILES string of the molecule is CC1(NC2=NCCCC2)CCCOC1. The molecular weight excluding hydrogens is 176 g/mol. The van der Waals surface area contributed by atoms with Gasteiger partial charge in [-0.3, -0.25) is 4.99 Å². The maximum Gasteiger partial charge on any atom is 0.0968 e. The Morgan fingerprint density at radius 3 is 2.93 bits per heavy atom. The zero-order valence-electron chi connectivity index (χ0n) is 9.01. The van der Waals surface area contributed by atoms with Crippen LogP contribution in [0.25, 0.3) is 0 Å². The first-order valence-corrected chi connectivity index (χ1v) is 5.68. The summed E-state index contributed by atoms with van der Waals surface area (Å²) in [5.74, 6) is 1.20. The monoisotopic (exact) mass is 196 g/mol. The van der Waals surface area contributed by atoms with E-state index in [0.29, 0.717) is 0 Å². The number of amidine groups is 1. The molecule has 1 saturated heterocycles. The second-order valence-electron chi connectivity index (χ2n) is 4.63. The average molecular weight is 196 g/mol. The van der Waals surface area contributed by atoms with E-state index in [1.54, 1.807) is 0 Å². The standard InChI is InChI=1S/C11H20N2O/c1-11(6-4-8-14-9-11)13-10-5-2-3-7-12-10/h2-9H2,1H3,(H,12,13). The molecule has 3 nitrogen and oxygen atoms in total. The molecule has 0 spiro atoms. The summed E-state index contributed by atoms with van der Waals surface area (Å²) >= 11 is 0. The van der Waals surface area contributed by atoms with Crippen LogP contribution >= 0.6 is 0 Å². The quantitative estimate of drug-likeness (QED) is 0.693. The molecule has 0 amide bonds. The molecule has 80 valence electrons. The molecule has 14 heavy (non-hydrogen) atoms. The molecule has 1 atom stereocenters. The van der Waals surface area contributed by atoms with Crippen LogP contribution < -0.4 is 5.32 Å². The minimum absolute atomic E-state index is 0.133. The van der Waals surface area contributed by atoms with Crippen LogP contribution in [-0.4, -0.2) is 31.1 Å². The van der Waals surface area contributed by atoms with Crippen molar-refractivity contribution < 1.29 is 4.74 Å². The van der Waals surface area contributed by atoms with Crippen molar-refractivity contribution in [3.8, 4) is 0 Å². The van der Waals surface area contributed by atoms with Crippen LogP contribution in [0.4, 0.5) is 0 Å². The van der Waals surface area contributed by atoms with Crippen molar-refractivity contribution in [2.45, 2.75) is 44.6 Å². The Hall–Kier alpha value is -0.570. The summed E-state index contributed by atoms with van der Waals surface area (Å²) in [7, 11) is 0. The van der Waals surface area contributed by atoms with Gasteiger partial charge in [-0.15, -0.1) is 0 Å². The van der Waals surface area contributed by atoms with Gasteiger partial charge < -0.3 is 10.1 Å². The topological polar surface area (TPSA) is 33.6 Å². The van der Waals surface area contributed by atoms with Crippen LogP contribution in [0.5, 0.6) is 0 Å². The van der Waals surface area contributed by atoms with E-state index in [4.69, 9.17) is 4.74 Å². The van der Waals surface area contributed by atoms with Gasteiger partial charge in [0.2, 0.25) is 0 Å². The molecule has 2 aliphatic rings. The Labute approximate surface area is 85.9 Å². The highest BCUT2D eigenvalue weighted by atomic mass is 16.5. The molecule has 2 aliphatic heterocycles. The van der Waals surface area contributed by atoms with Crippen LogP contribution in [-0.2, 0) is 4.74 Å². The third kappa shape index (κ3) is 2.47. The van der Waals surface area contributed by atoms with Gasteiger partial charge in [0, 0.05) is 19.6 Å². The molecule has 0 aromatic heterocycles. The lowest BCUT2D eigenvalue weighted by Gasteiger charge is -2.36. The van der Waals surface area contributed by atoms with Gasteiger partial charge in [0.15, 0.2) is 0 Å². The highest BCUT2D eigenvalue weighted by Crippen LogP contribution is 2.19. The van der Waals surface area contributed by atoms with Gasteiger partial charge in [-0.05, 0) is 32.6 Å². The Kier molecular flexibility index (Phi) is 3.06. The molecule has 1 fully saturated rings.